The molecular formula is C27H26F2N6O2. The topological polar surface area (TPSA) is 110 Å². The number of likely N-dealkylation sites (tertiary alicyclic amines) is 1. The molecule has 4 N–H and O–H groups in total. The van der Waals surface area contributed by atoms with Crippen LogP contribution in [0.25, 0.3) is 33.6 Å². The van der Waals surface area contributed by atoms with Gasteiger partial charge in [0.1, 0.15) is 23.3 Å². The first-order chi connectivity index (χ1) is 18.0. The molecular weight excluding hydrogens is 478 g/mol. The molecule has 4 heterocycles. The number of aromatic amines is 2. The summed E-state index contributed by atoms with van der Waals surface area (Å²) in [5.41, 5.74) is 2.88. The van der Waals surface area contributed by atoms with Crippen molar-refractivity contribution in [3.05, 3.63) is 72.1 Å². The van der Waals surface area contributed by atoms with Crippen molar-refractivity contribution >= 4 is 6.09 Å². The zero-order chi connectivity index (χ0) is 25.5. The third-order valence-electron chi connectivity index (χ3n) is 7.25. The summed E-state index contributed by atoms with van der Waals surface area (Å²) in [6, 6.07) is 9.34. The molecule has 190 valence electrons. The van der Waals surface area contributed by atoms with Gasteiger partial charge in [-0.3, -0.25) is 4.90 Å². The lowest BCUT2D eigenvalue weighted by atomic mass is 10.00. The number of H-pyrrole nitrogens is 2. The smallest absolute Gasteiger partial charge is 0.407 e. The van der Waals surface area contributed by atoms with E-state index in [1.54, 1.807) is 30.5 Å². The molecule has 2 aliphatic rings. The van der Waals surface area contributed by atoms with E-state index in [0.29, 0.717) is 52.4 Å². The second-order valence-electron chi connectivity index (χ2n) is 9.54. The van der Waals surface area contributed by atoms with Gasteiger partial charge in [0.2, 0.25) is 0 Å². The summed E-state index contributed by atoms with van der Waals surface area (Å²) in [5.74, 6) is 0.399. The molecule has 2 aromatic carbocycles. The number of carboxylic acid groups (broad SMARTS) is 1. The molecule has 2 aliphatic heterocycles. The second-order valence-corrected chi connectivity index (χ2v) is 9.54. The lowest BCUT2D eigenvalue weighted by Crippen LogP contribution is -2.29. The highest BCUT2D eigenvalue weighted by Crippen LogP contribution is 2.34. The summed E-state index contributed by atoms with van der Waals surface area (Å²) in [6.07, 6.45) is 5.67. The molecule has 4 aromatic rings. The lowest BCUT2D eigenvalue weighted by Gasteiger charge is -2.19. The van der Waals surface area contributed by atoms with E-state index in [9.17, 15) is 9.90 Å². The van der Waals surface area contributed by atoms with Crippen LogP contribution in [0.4, 0.5) is 13.6 Å². The van der Waals surface area contributed by atoms with E-state index in [4.69, 9.17) is 0 Å². The minimum Gasteiger partial charge on any atom is -0.465 e. The van der Waals surface area contributed by atoms with Crippen LogP contribution in [0.15, 0.2) is 48.8 Å². The standard InChI is InChI=1S/C27H26F2N6O2/c28-19-11-15(5-7-17(19)22-13-31-25(33-22)21-3-1-9-30-21)16-6-8-18(20(29)12-16)23-14-32-26(34-23)24-4-2-10-35(24)27(36)37/h5-8,11-14,21,24,30H,1-4,9-10H2,(H,31,33)(H,32,34)(H,36,37)/t21-,24-/m0/s1. The molecule has 2 saturated heterocycles. The number of hydrogen-bond acceptors (Lipinski definition) is 4. The molecule has 0 saturated carbocycles. The third-order valence-corrected chi connectivity index (χ3v) is 7.25. The molecule has 0 aliphatic carbocycles. The second kappa shape index (κ2) is 9.44. The van der Waals surface area contributed by atoms with Crippen LogP contribution in [0, 0.1) is 11.6 Å². The number of halogens is 2. The largest absolute Gasteiger partial charge is 0.465 e. The van der Waals surface area contributed by atoms with E-state index in [1.807, 2.05) is 0 Å². The van der Waals surface area contributed by atoms with Gasteiger partial charge in [0.15, 0.2) is 0 Å². The molecule has 0 spiro atoms. The van der Waals surface area contributed by atoms with Gasteiger partial charge in [0, 0.05) is 17.7 Å². The van der Waals surface area contributed by atoms with Crippen LogP contribution < -0.4 is 5.32 Å². The number of imidazole rings is 2. The molecule has 1 amide bonds. The Morgan fingerprint density at radius 3 is 2.08 bits per heavy atom. The first-order valence-corrected chi connectivity index (χ1v) is 12.4. The van der Waals surface area contributed by atoms with Crippen molar-refractivity contribution in [1.29, 1.82) is 0 Å². The van der Waals surface area contributed by atoms with Crippen LogP contribution >= 0.6 is 0 Å². The van der Waals surface area contributed by atoms with Gasteiger partial charge in [-0.1, -0.05) is 12.1 Å². The van der Waals surface area contributed by atoms with E-state index in [-0.39, 0.29) is 12.1 Å². The summed E-state index contributed by atoms with van der Waals surface area (Å²) < 4.78 is 30.2. The Balaban J connectivity index is 1.22. The summed E-state index contributed by atoms with van der Waals surface area (Å²) in [7, 11) is 0. The molecule has 37 heavy (non-hydrogen) atoms. The first-order valence-electron chi connectivity index (χ1n) is 12.4. The van der Waals surface area contributed by atoms with Crippen LogP contribution in [-0.2, 0) is 0 Å². The van der Waals surface area contributed by atoms with E-state index >= 15 is 8.78 Å². The number of rotatable bonds is 5. The number of amides is 1. The van der Waals surface area contributed by atoms with Crippen LogP contribution in [-0.4, -0.2) is 49.1 Å². The third kappa shape index (κ3) is 4.37. The van der Waals surface area contributed by atoms with Gasteiger partial charge in [0.05, 0.1) is 35.9 Å². The molecule has 0 unspecified atom stereocenters. The van der Waals surface area contributed by atoms with Crippen molar-refractivity contribution in [3.63, 3.8) is 0 Å². The summed E-state index contributed by atoms with van der Waals surface area (Å²) in [5, 5.41) is 12.8. The van der Waals surface area contributed by atoms with Crippen molar-refractivity contribution in [3.8, 4) is 33.6 Å². The summed E-state index contributed by atoms with van der Waals surface area (Å²) in [4.78, 5) is 27.8. The highest BCUT2D eigenvalue weighted by Gasteiger charge is 2.32. The number of hydrogen-bond donors (Lipinski definition) is 4. The van der Waals surface area contributed by atoms with Crippen LogP contribution in [0.3, 0.4) is 0 Å². The SMILES string of the molecule is O=C(O)N1CCC[C@H]1c1ncc(-c2ccc(-c3ccc(-c4cnc([C@@H]5CCCN5)[nH]4)c(F)c3)cc2F)[nH]1. The minimum absolute atomic E-state index is 0.165. The van der Waals surface area contributed by atoms with Gasteiger partial charge >= 0.3 is 6.09 Å². The number of nitrogens with zero attached hydrogens (tertiary/aromatic N) is 3. The fourth-order valence-electron chi connectivity index (χ4n) is 5.32. The Kier molecular flexibility index (Phi) is 5.96. The number of benzene rings is 2. The van der Waals surface area contributed by atoms with Crippen molar-refractivity contribution in [2.45, 2.75) is 37.8 Å². The molecule has 6 rings (SSSR count). The zero-order valence-electron chi connectivity index (χ0n) is 20.0. The average molecular weight is 505 g/mol. The molecule has 8 nitrogen and oxygen atoms in total. The number of carbonyl (C=O) groups is 1. The van der Waals surface area contributed by atoms with E-state index in [2.05, 4.69) is 25.3 Å². The van der Waals surface area contributed by atoms with Gasteiger partial charge in [-0.05, 0) is 67.6 Å². The van der Waals surface area contributed by atoms with Gasteiger partial charge in [0.25, 0.3) is 0 Å². The van der Waals surface area contributed by atoms with Gasteiger partial charge in [-0.15, -0.1) is 0 Å². The van der Waals surface area contributed by atoms with Gasteiger partial charge < -0.3 is 20.4 Å². The normalized spacial score (nSPS) is 19.6. The maximum atomic E-state index is 15.1. The fourth-order valence-corrected chi connectivity index (χ4v) is 5.32. The van der Waals surface area contributed by atoms with E-state index in [1.165, 1.54) is 23.2 Å². The highest BCUT2D eigenvalue weighted by atomic mass is 19.1. The van der Waals surface area contributed by atoms with Crippen molar-refractivity contribution in [1.82, 2.24) is 30.2 Å². The Bertz CT molecular complexity index is 1460. The average Bonchev–Trinajstić information content (AvgIpc) is 3.69. The van der Waals surface area contributed by atoms with E-state index < -0.39 is 17.7 Å². The lowest BCUT2D eigenvalue weighted by molar-refractivity contribution is 0.139. The van der Waals surface area contributed by atoms with E-state index in [0.717, 1.165) is 31.6 Å². The summed E-state index contributed by atoms with van der Waals surface area (Å²) in [6.45, 7) is 1.40. The monoisotopic (exact) mass is 504 g/mol. The predicted octanol–water partition coefficient (Wildman–Crippen LogP) is 5.65. The van der Waals surface area contributed by atoms with Crippen molar-refractivity contribution in [2.75, 3.05) is 13.1 Å². The molecule has 0 bridgehead atoms. The van der Waals surface area contributed by atoms with Gasteiger partial charge in [-0.2, -0.15) is 0 Å². The Morgan fingerprint density at radius 2 is 1.51 bits per heavy atom. The Morgan fingerprint density at radius 1 is 0.892 bits per heavy atom. The molecule has 2 atom stereocenters. The quantitative estimate of drug-likeness (QED) is 0.281. The highest BCUT2D eigenvalue weighted by molar-refractivity contribution is 5.72. The van der Waals surface area contributed by atoms with Crippen LogP contribution in [0.2, 0.25) is 0 Å². The van der Waals surface area contributed by atoms with Gasteiger partial charge in [-0.25, -0.2) is 23.5 Å². The molecule has 2 aromatic heterocycles. The fraction of sp³-hybridized carbons (Fsp3) is 0.296. The zero-order valence-corrected chi connectivity index (χ0v) is 20.0. The maximum Gasteiger partial charge on any atom is 0.407 e. The molecule has 0 radical (unpaired) electrons. The van der Waals surface area contributed by atoms with Crippen LogP contribution in [0.1, 0.15) is 49.4 Å². The Labute approximate surface area is 211 Å². The molecule has 2 fully saturated rings. The number of aromatic nitrogens is 4. The minimum atomic E-state index is -0.993. The summed E-state index contributed by atoms with van der Waals surface area (Å²) >= 11 is 0. The van der Waals surface area contributed by atoms with Crippen molar-refractivity contribution in [2.24, 2.45) is 0 Å². The predicted molar refractivity (Wildman–Crippen MR) is 134 cm³/mol. The maximum absolute atomic E-state index is 15.1. The molecule has 10 heteroatoms. The van der Waals surface area contributed by atoms with Crippen molar-refractivity contribution < 1.29 is 18.7 Å². The Hall–Kier alpha value is -4.05. The van der Waals surface area contributed by atoms with Crippen LogP contribution in [0.5, 0.6) is 0 Å². The number of nitrogens with one attached hydrogen (secondary N) is 3. The first kappa shape index (κ1) is 23.4.